The van der Waals surface area contributed by atoms with E-state index in [1.807, 2.05) is 19.1 Å². The molecule has 94 valence electrons. The second-order valence-corrected chi connectivity index (χ2v) is 4.82. The Morgan fingerprint density at radius 2 is 2.41 bits per heavy atom. The van der Waals surface area contributed by atoms with Crippen molar-refractivity contribution in [2.75, 3.05) is 6.54 Å². The van der Waals surface area contributed by atoms with E-state index in [0.29, 0.717) is 0 Å². The van der Waals surface area contributed by atoms with Gasteiger partial charge in [-0.3, -0.25) is 0 Å². The van der Waals surface area contributed by atoms with Crippen molar-refractivity contribution in [3.63, 3.8) is 0 Å². The maximum absolute atomic E-state index is 11.5. The summed E-state index contributed by atoms with van der Waals surface area (Å²) in [7, 11) is 0. The normalized spacial score (nSPS) is 16.5. The summed E-state index contributed by atoms with van der Waals surface area (Å²) in [5, 5.41) is 5.83. The molecule has 1 atom stereocenters. The van der Waals surface area contributed by atoms with Gasteiger partial charge in [0.05, 0.1) is 6.26 Å². The fraction of sp³-hybridized carbons (Fsp3) is 0.615. The molecule has 1 heterocycles. The van der Waals surface area contributed by atoms with Gasteiger partial charge < -0.3 is 15.1 Å². The third-order valence-corrected chi connectivity index (χ3v) is 3.03. The highest BCUT2D eigenvalue weighted by Gasteiger charge is 2.21. The summed E-state index contributed by atoms with van der Waals surface area (Å²) >= 11 is 0. The molecule has 4 heteroatoms. The standard InChI is InChI=1S/C13H20N2O2/c1-10(4-7-12-3-2-8-17-12)15-13(16)14-9-11-5-6-11/h2-3,8,10-11H,4-7,9H2,1H3,(H2,14,15,16). The molecule has 1 saturated carbocycles. The number of urea groups is 1. The summed E-state index contributed by atoms with van der Waals surface area (Å²) in [5.74, 6) is 1.69. The molecule has 1 aliphatic rings. The second-order valence-electron chi connectivity index (χ2n) is 4.82. The summed E-state index contributed by atoms with van der Waals surface area (Å²) in [6.07, 6.45) is 5.94. The minimum Gasteiger partial charge on any atom is -0.469 e. The SMILES string of the molecule is CC(CCc1ccco1)NC(=O)NCC1CC1. The molecule has 0 bridgehead atoms. The van der Waals surface area contributed by atoms with Crippen LogP contribution in [0.3, 0.4) is 0 Å². The summed E-state index contributed by atoms with van der Waals surface area (Å²) in [5.41, 5.74) is 0. The molecule has 1 aromatic rings. The van der Waals surface area contributed by atoms with Crippen LogP contribution in [0.15, 0.2) is 22.8 Å². The average molecular weight is 236 g/mol. The number of rotatable bonds is 6. The van der Waals surface area contributed by atoms with Crippen LogP contribution in [0, 0.1) is 5.92 Å². The lowest BCUT2D eigenvalue weighted by Gasteiger charge is -2.13. The van der Waals surface area contributed by atoms with Crippen LogP contribution in [-0.2, 0) is 6.42 Å². The Hall–Kier alpha value is -1.45. The third kappa shape index (κ3) is 4.51. The smallest absolute Gasteiger partial charge is 0.315 e. The molecule has 2 amide bonds. The average Bonchev–Trinajstić information content (AvgIpc) is 2.99. The first-order chi connectivity index (χ1) is 8.24. The van der Waals surface area contributed by atoms with E-state index in [4.69, 9.17) is 4.42 Å². The van der Waals surface area contributed by atoms with Crippen molar-refractivity contribution in [2.45, 2.75) is 38.6 Å². The molecule has 4 nitrogen and oxygen atoms in total. The first-order valence-corrected chi connectivity index (χ1v) is 6.31. The van der Waals surface area contributed by atoms with Crippen LogP contribution in [0.4, 0.5) is 4.79 Å². The van der Waals surface area contributed by atoms with Gasteiger partial charge in [-0.25, -0.2) is 4.79 Å². The quantitative estimate of drug-likeness (QED) is 0.796. The van der Waals surface area contributed by atoms with E-state index in [9.17, 15) is 4.79 Å². The molecule has 2 rings (SSSR count). The Bertz CT molecular complexity index is 344. The number of amides is 2. The highest BCUT2D eigenvalue weighted by atomic mass is 16.3. The predicted octanol–water partition coefficient (Wildman–Crippen LogP) is 2.31. The zero-order valence-corrected chi connectivity index (χ0v) is 10.2. The van der Waals surface area contributed by atoms with Crippen LogP contribution < -0.4 is 10.6 Å². The molecule has 17 heavy (non-hydrogen) atoms. The summed E-state index contributed by atoms with van der Waals surface area (Å²) < 4.78 is 5.25. The van der Waals surface area contributed by atoms with E-state index in [-0.39, 0.29) is 12.1 Å². The monoisotopic (exact) mass is 236 g/mol. The number of hydrogen-bond acceptors (Lipinski definition) is 2. The van der Waals surface area contributed by atoms with Crippen molar-refractivity contribution in [1.29, 1.82) is 0 Å². The largest absolute Gasteiger partial charge is 0.469 e. The zero-order chi connectivity index (χ0) is 12.1. The predicted molar refractivity (Wildman–Crippen MR) is 65.7 cm³/mol. The molecule has 0 radical (unpaired) electrons. The van der Waals surface area contributed by atoms with E-state index >= 15 is 0 Å². The van der Waals surface area contributed by atoms with Gasteiger partial charge in [-0.05, 0) is 44.2 Å². The summed E-state index contributed by atoms with van der Waals surface area (Å²) in [6.45, 7) is 2.83. The Balaban J connectivity index is 1.58. The van der Waals surface area contributed by atoms with Crippen LogP contribution in [0.2, 0.25) is 0 Å². The van der Waals surface area contributed by atoms with Crippen molar-refractivity contribution in [1.82, 2.24) is 10.6 Å². The first-order valence-electron chi connectivity index (χ1n) is 6.31. The number of furan rings is 1. The number of aryl methyl sites for hydroxylation is 1. The van der Waals surface area contributed by atoms with Gasteiger partial charge >= 0.3 is 6.03 Å². The van der Waals surface area contributed by atoms with Crippen molar-refractivity contribution < 1.29 is 9.21 Å². The van der Waals surface area contributed by atoms with E-state index in [0.717, 1.165) is 31.1 Å². The topological polar surface area (TPSA) is 54.3 Å². The van der Waals surface area contributed by atoms with E-state index in [1.54, 1.807) is 6.26 Å². The molecule has 0 aliphatic heterocycles. The summed E-state index contributed by atoms with van der Waals surface area (Å²) in [4.78, 5) is 11.5. The molecule has 1 aliphatic carbocycles. The molecule has 0 aromatic carbocycles. The van der Waals surface area contributed by atoms with Crippen LogP contribution in [-0.4, -0.2) is 18.6 Å². The third-order valence-electron chi connectivity index (χ3n) is 3.03. The van der Waals surface area contributed by atoms with Crippen molar-refractivity contribution in [2.24, 2.45) is 5.92 Å². The molecule has 2 N–H and O–H groups in total. The van der Waals surface area contributed by atoms with Gasteiger partial charge in [0.1, 0.15) is 5.76 Å². The molecular weight excluding hydrogens is 216 g/mol. The lowest BCUT2D eigenvalue weighted by Crippen LogP contribution is -2.41. The number of carbonyl (C=O) groups excluding carboxylic acids is 1. The first kappa shape index (κ1) is 12.0. The van der Waals surface area contributed by atoms with E-state index < -0.39 is 0 Å². The zero-order valence-electron chi connectivity index (χ0n) is 10.2. The molecule has 1 aromatic heterocycles. The van der Waals surface area contributed by atoms with Crippen LogP contribution in [0.5, 0.6) is 0 Å². The minimum atomic E-state index is -0.0520. The van der Waals surface area contributed by atoms with Gasteiger partial charge in [-0.2, -0.15) is 0 Å². The summed E-state index contributed by atoms with van der Waals surface area (Å²) in [6, 6.07) is 3.96. The highest BCUT2D eigenvalue weighted by molar-refractivity contribution is 5.74. The van der Waals surface area contributed by atoms with Crippen molar-refractivity contribution >= 4 is 6.03 Å². The van der Waals surface area contributed by atoms with E-state index in [2.05, 4.69) is 10.6 Å². The minimum absolute atomic E-state index is 0.0520. The van der Waals surface area contributed by atoms with Gasteiger partial charge in [0.25, 0.3) is 0 Å². The fourth-order valence-corrected chi connectivity index (χ4v) is 1.72. The molecule has 0 spiro atoms. The maximum atomic E-state index is 11.5. The van der Waals surface area contributed by atoms with Crippen LogP contribution in [0.25, 0.3) is 0 Å². The Labute approximate surface area is 102 Å². The lowest BCUT2D eigenvalue weighted by molar-refractivity contribution is 0.236. The second kappa shape index (κ2) is 5.75. The fourth-order valence-electron chi connectivity index (χ4n) is 1.72. The molecule has 1 fully saturated rings. The number of carbonyl (C=O) groups is 1. The van der Waals surface area contributed by atoms with Crippen molar-refractivity contribution in [3.8, 4) is 0 Å². The van der Waals surface area contributed by atoms with Gasteiger partial charge in [-0.15, -0.1) is 0 Å². The Morgan fingerprint density at radius 1 is 1.59 bits per heavy atom. The number of nitrogens with one attached hydrogen (secondary N) is 2. The molecular formula is C13H20N2O2. The lowest BCUT2D eigenvalue weighted by atomic mass is 10.1. The highest BCUT2D eigenvalue weighted by Crippen LogP contribution is 2.27. The maximum Gasteiger partial charge on any atom is 0.315 e. The van der Waals surface area contributed by atoms with Gasteiger partial charge in [-0.1, -0.05) is 0 Å². The van der Waals surface area contributed by atoms with Crippen LogP contribution >= 0.6 is 0 Å². The van der Waals surface area contributed by atoms with E-state index in [1.165, 1.54) is 12.8 Å². The van der Waals surface area contributed by atoms with Crippen LogP contribution in [0.1, 0.15) is 31.9 Å². The van der Waals surface area contributed by atoms with Crippen molar-refractivity contribution in [3.05, 3.63) is 24.2 Å². The Morgan fingerprint density at radius 3 is 3.06 bits per heavy atom. The molecule has 0 saturated heterocycles. The van der Waals surface area contributed by atoms with Gasteiger partial charge in [0.15, 0.2) is 0 Å². The number of hydrogen-bond donors (Lipinski definition) is 2. The van der Waals surface area contributed by atoms with Gasteiger partial charge in [0.2, 0.25) is 0 Å². The Kier molecular flexibility index (Phi) is 4.07. The molecule has 1 unspecified atom stereocenters. The van der Waals surface area contributed by atoms with Gasteiger partial charge in [0, 0.05) is 19.0 Å².